The quantitative estimate of drug-likeness (QED) is 0.393. The van der Waals surface area contributed by atoms with Crippen molar-refractivity contribution in [3.05, 3.63) is 27.8 Å². The summed E-state index contributed by atoms with van der Waals surface area (Å²) in [7, 11) is 0. The zero-order chi connectivity index (χ0) is 15.3. The summed E-state index contributed by atoms with van der Waals surface area (Å²) < 4.78 is -0.544. The van der Waals surface area contributed by atoms with Crippen LogP contribution in [-0.4, -0.2) is 15.9 Å². The van der Waals surface area contributed by atoms with Crippen LogP contribution in [0, 0.1) is 9.49 Å². The van der Waals surface area contributed by atoms with E-state index in [0.717, 1.165) is 9.26 Å². The first kappa shape index (κ1) is 18.1. The lowest BCUT2D eigenvalue weighted by atomic mass is 10.1. The van der Waals surface area contributed by atoms with Gasteiger partial charge in [0.05, 0.1) is 0 Å². The topological polar surface area (TPSA) is 41.1 Å². The van der Waals surface area contributed by atoms with Gasteiger partial charge in [-0.25, -0.2) is 0 Å². The number of nitrogens with one attached hydrogen (secondary N) is 2. The molecule has 3 nitrogen and oxygen atoms in total. The fourth-order valence-corrected chi connectivity index (χ4v) is 2.19. The Hall–Kier alpha value is 0.0900. The second kappa shape index (κ2) is 7.92. The van der Waals surface area contributed by atoms with E-state index in [0.29, 0.717) is 6.42 Å². The molecule has 1 rings (SSSR count). The van der Waals surface area contributed by atoms with Crippen LogP contribution in [0.3, 0.4) is 0 Å². The molecule has 0 unspecified atom stereocenters. The minimum Gasteiger partial charge on any atom is -0.362 e. The summed E-state index contributed by atoms with van der Waals surface area (Å²) in [6, 6.07) is 7.57. The van der Waals surface area contributed by atoms with Crippen LogP contribution in [-0.2, 0) is 4.79 Å². The van der Waals surface area contributed by atoms with Gasteiger partial charge in [0.1, 0.15) is 6.17 Å². The summed E-state index contributed by atoms with van der Waals surface area (Å²) in [4.78, 5) is 11.8. The van der Waals surface area contributed by atoms with E-state index < -0.39 is 9.96 Å². The maximum atomic E-state index is 11.8. The molecule has 1 aromatic carbocycles. The smallest absolute Gasteiger partial charge is 0.228 e. The van der Waals surface area contributed by atoms with E-state index in [4.69, 9.17) is 34.8 Å². The minimum atomic E-state index is -1.64. The number of halogens is 4. The predicted octanol–water partition coefficient (Wildman–Crippen LogP) is 4.56. The summed E-state index contributed by atoms with van der Waals surface area (Å²) in [5.74, 6) is 0.0821. The van der Waals surface area contributed by atoms with Crippen LogP contribution in [0.2, 0.25) is 0 Å². The Morgan fingerprint density at radius 2 is 1.80 bits per heavy atom. The third kappa shape index (κ3) is 6.70. The summed E-state index contributed by atoms with van der Waals surface area (Å²) in [5.41, 5.74) is 0.770. The largest absolute Gasteiger partial charge is 0.362 e. The van der Waals surface area contributed by atoms with Gasteiger partial charge in [0.25, 0.3) is 0 Å². The average Bonchev–Trinajstić information content (AvgIpc) is 2.28. The van der Waals surface area contributed by atoms with Gasteiger partial charge in [-0.1, -0.05) is 48.7 Å². The van der Waals surface area contributed by atoms with Crippen molar-refractivity contribution in [2.45, 2.75) is 30.2 Å². The van der Waals surface area contributed by atoms with Crippen molar-refractivity contribution >= 4 is 69.0 Å². The van der Waals surface area contributed by atoms with E-state index in [1.165, 1.54) is 0 Å². The van der Waals surface area contributed by atoms with E-state index in [-0.39, 0.29) is 11.8 Å². The summed E-state index contributed by atoms with van der Waals surface area (Å²) in [6.45, 7) is 3.91. The first-order chi connectivity index (χ1) is 9.18. The van der Waals surface area contributed by atoms with Crippen molar-refractivity contribution in [1.82, 2.24) is 5.32 Å². The van der Waals surface area contributed by atoms with Crippen LogP contribution in [0.4, 0.5) is 5.69 Å². The van der Waals surface area contributed by atoms with Gasteiger partial charge in [-0.2, -0.15) is 0 Å². The Balaban J connectivity index is 2.75. The summed E-state index contributed by atoms with van der Waals surface area (Å²) >= 11 is 19.9. The van der Waals surface area contributed by atoms with Crippen LogP contribution >= 0.6 is 57.4 Å². The number of alkyl halides is 3. The third-order valence-corrected chi connectivity index (χ3v) is 3.76. The number of carbonyl (C=O) groups excluding carboxylic acids is 1. The third-order valence-electron chi connectivity index (χ3n) is 2.38. The van der Waals surface area contributed by atoms with Gasteiger partial charge in [0, 0.05) is 15.7 Å². The number of anilines is 1. The maximum absolute atomic E-state index is 11.8. The minimum absolute atomic E-state index is 0.158. The van der Waals surface area contributed by atoms with E-state index >= 15 is 0 Å². The van der Waals surface area contributed by atoms with Gasteiger partial charge >= 0.3 is 0 Å². The highest BCUT2D eigenvalue weighted by atomic mass is 127. The molecule has 0 aliphatic rings. The molecule has 0 aliphatic carbocycles. The van der Waals surface area contributed by atoms with E-state index in [1.54, 1.807) is 0 Å². The number of hydrogen-bond acceptors (Lipinski definition) is 2. The molecule has 0 fully saturated rings. The molecule has 0 saturated carbocycles. The molecule has 7 heteroatoms. The van der Waals surface area contributed by atoms with Crippen LogP contribution in [0.1, 0.15) is 20.3 Å². The Morgan fingerprint density at radius 1 is 1.25 bits per heavy atom. The second-order valence-corrected chi connectivity index (χ2v) is 8.41. The maximum Gasteiger partial charge on any atom is 0.228 e. The highest BCUT2D eigenvalue weighted by molar-refractivity contribution is 14.1. The van der Waals surface area contributed by atoms with Gasteiger partial charge in [-0.05, 0) is 52.8 Å². The fraction of sp³-hybridized carbons (Fsp3) is 0.462. The molecule has 1 amide bonds. The molecule has 0 aromatic heterocycles. The molecule has 0 heterocycles. The van der Waals surface area contributed by atoms with Gasteiger partial charge < -0.3 is 10.6 Å². The molecule has 0 spiro atoms. The van der Waals surface area contributed by atoms with Crippen LogP contribution in [0.25, 0.3) is 0 Å². The Morgan fingerprint density at radius 3 is 2.25 bits per heavy atom. The first-order valence-corrected chi connectivity index (χ1v) is 8.28. The molecule has 112 valence electrons. The van der Waals surface area contributed by atoms with E-state index in [1.807, 2.05) is 38.1 Å². The van der Waals surface area contributed by atoms with Gasteiger partial charge in [-0.3, -0.25) is 4.79 Å². The molecule has 0 aliphatic heterocycles. The second-order valence-electron chi connectivity index (χ2n) is 4.79. The normalized spacial score (nSPS) is 13.2. The van der Waals surface area contributed by atoms with Crippen LogP contribution in [0.5, 0.6) is 0 Å². The standard InChI is InChI=1S/C13H16Cl3IN2O/c1-8(2)7-11(20)19-12(13(14,15)16)18-10-5-3-9(17)4-6-10/h3-6,8,12,18H,7H2,1-2H3,(H,19,20)/t12-/m1/s1. The molecule has 20 heavy (non-hydrogen) atoms. The van der Waals surface area contributed by atoms with Crippen molar-refractivity contribution in [3.63, 3.8) is 0 Å². The highest BCUT2D eigenvalue weighted by Gasteiger charge is 2.34. The Kier molecular flexibility index (Phi) is 7.18. The van der Waals surface area contributed by atoms with Crippen molar-refractivity contribution in [2.24, 2.45) is 5.92 Å². The Labute approximate surface area is 147 Å². The molecular weight excluding hydrogens is 433 g/mol. The zero-order valence-electron chi connectivity index (χ0n) is 11.1. The predicted molar refractivity (Wildman–Crippen MR) is 94.5 cm³/mol. The Bertz CT molecular complexity index is 446. The SMILES string of the molecule is CC(C)CC(=O)N[C@@H](Nc1ccc(I)cc1)C(Cl)(Cl)Cl. The fourth-order valence-electron chi connectivity index (χ4n) is 1.50. The van der Waals surface area contributed by atoms with Crippen molar-refractivity contribution in [1.29, 1.82) is 0 Å². The molecule has 0 bridgehead atoms. The lowest BCUT2D eigenvalue weighted by molar-refractivity contribution is -0.122. The van der Waals surface area contributed by atoms with Crippen molar-refractivity contribution in [3.8, 4) is 0 Å². The highest BCUT2D eigenvalue weighted by Crippen LogP contribution is 2.31. The van der Waals surface area contributed by atoms with Gasteiger partial charge in [0.15, 0.2) is 0 Å². The van der Waals surface area contributed by atoms with E-state index in [9.17, 15) is 4.79 Å². The molecule has 1 atom stereocenters. The van der Waals surface area contributed by atoms with Crippen molar-refractivity contribution < 1.29 is 4.79 Å². The van der Waals surface area contributed by atoms with Crippen LogP contribution < -0.4 is 10.6 Å². The summed E-state index contributed by atoms with van der Waals surface area (Å²) in [5, 5.41) is 5.72. The molecule has 0 radical (unpaired) electrons. The molecule has 2 N–H and O–H groups in total. The molecule has 0 saturated heterocycles. The van der Waals surface area contributed by atoms with Crippen LogP contribution in [0.15, 0.2) is 24.3 Å². The number of benzene rings is 1. The number of amides is 1. The molecular formula is C13H16Cl3IN2O. The number of carbonyl (C=O) groups is 1. The lowest BCUT2D eigenvalue weighted by Gasteiger charge is -2.27. The molecule has 1 aromatic rings. The van der Waals surface area contributed by atoms with E-state index in [2.05, 4.69) is 33.2 Å². The monoisotopic (exact) mass is 448 g/mol. The van der Waals surface area contributed by atoms with Gasteiger partial charge in [0.2, 0.25) is 9.70 Å². The number of hydrogen-bond donors (Lipinski definition) is 2. The van der Waals surface area contributed by atoms with Gasteiger partial charge in [-0.15, -0.1) is 0 Å². The summed E-state index contributed by atoms with van der Waals surface area (Å²) in [6.07, 6.45) is -0.412. The zero-order valence-corrected chi connectivity index (χ0v) is 15.5. The lowest BCUT2D eigenvalue weighted by Crippen LogP contribution is -2.49. The number of rotatable bonds is 5. The average molecular weight is 450 g/mol. The van der Waals surface area contributed by atoms with Crippen molar-refractivity contribution in [2.75, 3.05) is 5.32 Å². The first-order valence-electron chi connectivity index (χ1n) is 6.06.